The first-order valence-electron chi connectivity index (χ1n) is 4.54. The molecular formula is C10H14F2N2O. The average molecular weight is 216 g/mol. The smallest absolute Gasteiger partial charge is 0.317 e. The second-order valence-electron chi connectivity index (χ2n) is 3.79. The van der Waals surface area contributed by atoms with Gasteiger partial charge in [0.25, 0.3) is 0 Å². The monoisotopic (exact) mass is 216 g/mol. The predicted molar refractivity (Wildman–Crippen MR) is 54.0 cm³/mol. The number of rotatable bonds is 3. The number of anilines is 1. The molecule has 84 valence electrons. The van der Waals surface area contributed by atoms with Crippen LogP contribution in [0.15, 0.2) is 18.2 Å². The summed E-state index contributed by atoms with van der Waals surface area (Å²) >= 11 is 0. The van der Waals surface area contributed by atoms with Crippen molar-refractivity contribution in [2.24, 2.45) is 0 Å². The maximum atomic E-state index is 13.6. The highest BCUT2D eigenvalue weighted by Gasteiger charge is 2.48. The standard InChI is InChI=1S/C10H14F2N2O/c1-9(2,15)10(11,12)7-5-4-6-8(13-3)14-7/h4-6,15H,1-3H3,(H,13,14). The number of nitrogens with one attached hydrogen (secondary N) is 1. The van der Waals surface area contributed by atoms with Gasteiger partial charge in [-0.3, -0.25) is 0 Å². The summed E-state index contributed by atoms with van der Waals surface area (Å²) in [5.74, 6) is -3.03. The van der Waals surface area contributed by atoms with Gasteiger partial charge in [0.2, 0.25) is 0 Å². The third kappa shape index (κ3) is 2.23. The van der Waals surface area contributed by atoms with Gasteiger partial charge in [0.05, 0.1) is 0 Å². The van der Waals surface area contributed by atoms with E-state index in [4.69, 9.17) is 0 Å². The molecule has 0 atom stereocenters. The van der Waals surface area contributed by atoms with E-state index >= 15 is 0 Å². The molecule has 1 rings (SSSR count). The summed E-state index contributed by atoms with van der Waals surface area (Å²) in [4.78, 5) is 3.71. The fraction of sp³-hybridized carbons (Fsp3) is 0.500. The highest BCUT2D eigenvalue weighted by Crippen LogP contribution is 2.37. The van der Waals surface area contributed by atoms with E-state index in [0.717, 1.165) is 13.8 Å². The van der Waals surface area contributed by atoms with Crippen LogP contribution >= 0.6 is 0 Å². The lowest BCUT2D eigenvalue weighted by molar-refractivity contribution is -0.171. The first-order chi connectivity index (χ1) is 6.79. The summed E-state index contributed by atoms with van der Waals surface area (Å²) in [5, 5.41) is 12.0. The van der Waals surface area contributed by atoms with E-state index < -0.39 is 17.2 Å². The Morgan fingerprint density at radius 3 is 2.40 bits per heavy atom. The fourth-order valence-electron chi connectivity index (χ4n) is 1.06. The van der Waals surface area contributed by atoms with Gasteiger partial charge in [0, 0.05) is 7.05 Å². The zero-order valence-corrected chi connectivity index (χ0v) is 8.88. The number of hydrogen-bond acceptors (Lipinski definition) is 3. The molecule has 3 nitrogen and oxygen atoms in total. The van der Waals surface area contributed by atoms with Gasteiger partial charge in [-0.1, -0.05) is 6.07 Å². The van der Waals surface area contributed by atoms with Gasteiger partial charge in [-0.25, -0.2) is 4.98 Å². The lowest BCUT2D eigenvalue weighted by Crippen LogP contribution is -2.40. The largest absolute Gasteiger partial charge is 0.384 e. The zero-order valence-electron chi connectivity index (χ0n) is 8.88. The van der Waals surface area contributed by atoms with Crippen LogP contribution in [0.1, 0.15) is 19.5 Å². The van der Waals surface area contributed by atoms with E-state index in [1.54, 1.807) is 13.1 Å². The highest BCUT2D eigenvalue weighted by atomic mass is 19.3. The van der Waals surface area contributed by atoms with Crippen LogP contribution in [0.2, 0.25) is 0 Å². The Kier molecular flexibility index (Phi) is 2.95. The molecule has 1 aromatic heterocycles. The fourth-order valence-corrected chi connectivity index (χ4v) is 1.06. The molecule has 5 heteroatoms. The number of hydrogen-bond donors (Lipinski definition) is 2. The number of halogens is 2. The highest BCUT2D eigenvalue weighted by molar-refractivity contribution is 5.35. The Morgan fingerprint density at radius 2 is 1.93 bits per heavy atom. The lowest BCUT2D eigenvalue weighted by atomic mass is 9.97. The van der Waals surface area contributed by atoms with Gasteiger partial charge in [0.15, 0.2) is 0 Å². The summed E-state index contributed by atoms with van der Waals surface area (Å²) in [7, 11) is 1.59. The molecule has 1 heterocycles. The minimum absolute atomic E-state index is 0.344. The molecule has 2 N–H and O–H groups in total. The van der Waals surface area contributed by atoms with Crippen molar-refractivity contribution in [1.29, 1.82) is 0 Å². The van der Waals surface area contributed by atoms with Gasteiger partial charge in [-0.05, 0) is 26.0 Å². The summed E-state index contributed by atoms with van der Waals surface area (Å²) in [5.41, 5.74) is -2.58. The van der Waals surface area contributed by atoms with Crippen molar-refractivity contribution in [3.63, 3.8) is 0 Å². The molecule has 15 heavy (non-hydrogen) atoms. The van der Waals surface area contributed by atoms with Crippen LogP contribution in [0.5, 0.6) is 0 Å². The Bertz CT molecular complexity index is 348. The van der Waals surface area contributed by atoms with Crippen molar-refractivity contribution in [2.75, 3.05) is 12.4 Å². The summed E-state index contributed by atoms with van der Waals surface area (Å²) in [6, 6.07) is 4.23. The minimum Gasteiger partial charge on any atom is -0.384 e. The summed E-state index contributed by atoms with van der Waals surface area (Å²) in [6.07, 6.45) is 0. The molecule has 0 bridgehead atoms. The number of aromatic nitrogens is 1. The number of alkyl halides is 2. The number of aliphatic hydroxyl groups is 1. The maximum Gasteiger partial charge on any atom is 0.317 e. The zero-order chi connectivity index (χ0) is 11.7. The van der Waals surface area contributed by atoms with Crippen molar-refractivity contribution >= 4 is 5.82 Å². The molecule has 0 aliphatic rings. The summed E-state index contributed by atoms with van der Waals surface area (Å²) in [6.45, 7) is 2.11. The van der Waals surface area contributed by atoms with Crippen LogP contribution in [0.3, 0.4) is 0 Å². The van der Waals surface area contributed by atoms with Gasteiger partial charge in [-0.15, -0.1) is 0 Å². The molecular weight excluding hydrogens is 202 g/mol. The molecule has 0 aliphatic carbocycles. The molecule has 0 fully saturated rings. The summed E-state index contributed by atoms with van der Waals surface area (Å²) < 4.78 is 27.3. The van der Waals surface area contributed by atoms with Crippen molar-refractivity contribution in [3.8, 4) is 0 Å². The second kappa shape index (κ2) is 3.73. The molecule has 0 saturated heterocycles. The molecule has 0 aromatic carbocycles. The first-order valence-corrected chi connectivity index (χ1v) is 4.54. The molecule has 0 amide bonds. The first kappa shape index (κ1) is 11.8. The number of pyridine rings is 1. The van der Waals surface area contributed by atoms with Crippen molar-refractivity contribution in [2.45, 2.75) is 25.4 Å². The Balaban J connectivity index is 3.15. The SMILES string of the molecule is CNc1cccc(C(F)(F)C(C)(C)O)n1. The van der Waals surface area contributed by atoms with Crippen LogP contribution in [0.4, 0.5) is 14.6 Å². The van der Waals surface area contributed by atoms with Crippen LogP contribution in [0, 0.1) is 0 Å². The molecule has 0 spiro atoms. The van der Waals surface area contributed by atoms with E-state index in [2.05, 4.69) is 10.3 Å². The van der Waals surface area contributed by atoms with Gasteiger partial charge >= 0.3 is 5.92 Å². The van der Waals surface area contributed by atoms with E-state index in [9.17, 15) is 13.9 Å². The molecule has 0 unspecified atom stereocenters. The van der Waals surface area contributed by atoms with Gasteiger partial charge in [0.1, 0.15) is 17.1 Å². The van der Waals surface area contributed by atoms with Gasteiger partial charge in [-0.2, -0.15) is 8.78 Å². The van der Waals surface area contributed by atoms with Crippen molar-refractivity contribution in [1.82, 2.24) is 4.98 Å². The predicted octanol–water partition coefficient (Wildman–Crippen LogP) is 1.99. The van der Waals surface area contributed by atoms with Crippen molar-refractivity contribution in [3.05, 3.63) is 23.9 Å². The van der Waals surface area contributed by atoms with Crippen LogP contribution in [-0.4, -0.2) is 22.7 Å². The maximum absolute atomic E-state index is 13.6. The third-order valence-electron chi connectivity index (χ3n) is 2.10. The Labute approximate surface area is 87.2 Å². The quantitative estimate of drug-likeness (QED) is 0.812. The van der Waals surface area contributed by atoms with Crippen LogP contribution in [0.25, 0.3) is 0 Å². The van der Waals surface area contributed by atoms with Crippen LogP contribution < -0.4 is 5.32 Å². The lowest BCUT2D eigenvalue weighted by Gasteiger charge is -2.28. The topological polar surface area (TPSA) is 45.1 Å². The van der Waals surface area contributed by atoms with Crippen molar-refractivity contribution < 1.29 is 13.9 Å². The molecule has 0 saturated carbocycles. The second-order valence-corrected chi connectivity index (χ2v) is 3.79. The minimum atomic E-state index is -3.38. The molecule has 0 aliphatic heterocycles. The normalized spacial score (nSPS) is 12.7. The molecule has 1 aromatic rings. The van der Waals surface area contributed by atoms with E-state index in [1.807, 2.05) is 0 Å². The number of nitrogens with zero attached hydrogens (tertiary/aromatic N) is 1. The Morgan fingerprint density at radius 1 is 1.33 bits per heavy atom. The van der Waals surface area contributed by atoms with E-state index in [1.165, 1.54) is 12.1 Å². The van der Waals surface area contributed by atoms with Crippen LogP contribution in [-0.2, 0) is 5.92 Å². The molecule has 0 radical (unpaired) electrons. The third-order valence-corrected chi connectivity index (χ3v) is 2.10. The van der Waals surface area contributed by atoms with E-state index in [0.29, 0.717) is 5.82 Å². The Hall–Kier alpha value is -1.23. The van der Waals surface area contributed by atoms with E-state index in [-0.39, 0.29) is 0 Å². The average Bonchev–Trinajstić information content (AvgIpc) is 2.16. The van der Waals surface area contributed by atoms with Gasteiger partial charge < -0.3 is 10.4 Å².